The minimum Gasteiger partial charge on any atom is -0.484 e. The van der Waals surface area contributed by atoms with Gasteiger partial charge in [0, 0.05) is 17.7 Å². The molecular formula is C18H21N3O3. The van der Waals surface area contributed by atoms with E-state index >= 15 is 0 Å². The number of amides is 2. The van der Waals surface area contributed by atoms with Crippen LogP contribution in [0.3, 0.4) is 0 Å². The largest absolute Gasteiger partial charge is 0.484 e. The molecule has 6 nitrogen and oxygen atoms in total. The fraction of sp³-hybridized carbons (Fsp3) is 0.500. The van der Waals surface area contributed by atoms with Gasteiger partial charge >= 0.3 is 0 Å². The first-order valence-electron chi connectivity index (χ1n) is 8.36. The van der Waals surface area contributed by atoms with Crippen LogP contribution in [0, 0.1) is 17.2 Å². The highest BCUT2D eigenvalue weighted by Gasteiger charge is 2.35. The summed E-state index contributed by atoms with van der Waals surface area (Å²) in [5.41, 5.74) is -0.0744. The molecular weight excluding hydrogens is 306 g/mol. The van der Waals surface area contributed by atoms with E-state index in [4.69, 9.17) is 4.74 Å². The monoisotopic (exact) mass is 327 g/mol. The van der Waals surface area contributed by atoms with Crippen molar-refractivity contribution in [2.24, 2.45) is 5.92 Å². The molecule has 0 unspecified atom stereocenters. The molecule has 126 valence electrons. The van der Waals surface area contributed by atoms with Crippen molar-refractivity contribution in [1.29, 1.82) is 5.26 Å². The second-order valence-corrected chi connectivity index (χ2v) is 6.53. The lowest BCUT2D eigenvalue weighted by molar-refractivity contribution is -0.124. The van der Waals surface area contributed by atoms with Crippen LogP contribution in [-0.2, 0) is 9.59 Å². The summed E-state index contributed by atoms with van der Waals surface area (Å²) in [5.74, 6) is 0.373. The zero-order chi connectivity index (χ0) is 17.0. The first kappa shape index (κ1) is 16.3. The van der Waals surface area contributed by atoms with Crippen molar-refractivity contribution in [3.8, 4) is 11.8 Å². The highest BCUT2D eigenvalue weighted by atomic mass is 16.5. The van der Waals surface area contributed by atoms with Crippen LogP contribution < -0.4 is 15.4 Å². The molecule has 2 amide bonds. The van der Waals surface area contributed by atoms with Crippen molar-refractivity contribution in [2.75, 3.05) is 11.9 Å². The number of anilines is 1. The Bertz CT molecular complexity index is 670. The third-order valence-corrected chi connectivity index (χ3v) is 4.47. The van der Waals surface area contributed by atoms with Crippen molar-refractivity contribution in [3.63, 3.8) is 0 Å². The average Bonchev–Trinajstić information content (AvgIpc) is 3.34. The van der Waals surface area contributed by atoms with Crippen LogP contribution in [0.1, 0.15) is 38.5 Å². The molecule has 1 aromatic rings. The van der Waals surface area contributed by atoms with Gasteiger partial charge in [-0.15, -0.1) is 0 Å². The topological polar surface area (TPSA) is 91.2 Å². The van der Waals surface area contributed by atoms with Crippen LogP contribution in [0.25, 0.3) is 0 Å². The Morgan fingerprint density at radius 2 is 2.04 bits per heavy atom. The van der Waals surface area contributed by atoms with Gasteiger partial charge < -0.3 is 15.4 Å². The Morgan fingerprint density at radius 3 is 2.71 bits per heavy atom. The van der Waals surface area contributed by atoms with Gasteiger partial charge in [-0.05, 0) is 50.7 Å². The molecule has 0 saturated heterocycles. The molecule has 0 radical (unpaired) electrons. The molecule has 0 aliphatic heterocycles. The maximum absolute atomic E-state index is 12.0. The van der Waals surface area contributed by atoms with Crippen molar-refractivity contribution in [1.82, 2.24) is 5.32 Å². The summed E-state index contributed by atoms with van der Waals surface area (Å²) in [6.07, 6.45) is 5.19. The van der Waals surface area contributed by atoms with Gasteiger partial charge in [0.05, 0.1) is 6.07 Å². The SMILES string of the molecule is N#CC1(NC(=O)COc2cccc(NC(=O)C3CC3)c2)CCCC1. The first-order valence-corrected chi connectivity index (χ1v) is 8.36. The lowest BCUT2D eigenvalue weighted by Gasteiger charge is -2.21. The Labute approximate surface area is 141 Å². The van der Waals surface area contributed by atoms with Crippen molar-refractivity contribution in [3.05, 3.63) is 24.3 Å². The summed E-state index contributed by atoms with van der Waals surface area (Å²) >= 11 is 0. The quantitative estimate of drug-likeness (QED) is 0.839. The molecule has 6 heteroatoms. The van der Waals surface area contributed by atoms with Crippen LogP contribution in [0.5, 0.6) is 5.75 Å². The minimum atomic E-state index is -0.736. The van der Waals surface area contributed by atoms with E-state index in [9.17, 15) is 14.9 Å². The molecule has 2 aliphatic rings. The fourth-order valence-corrected chi connectivity index (χ4v) is 2.95. The predicted molar refractivity (Wildman–Crippen MR) is 88.2 cm³/mol. The summed E-state index contributed by atoms with van der Waals surface area (Å²) in [6, 6.07) is 9.20. The molecule has 2 N–H and O–H groups in total. The number of rotatable bonds is 6. The highest BCUT2D eigenvalue weighted by Crippen LogP contribution is 2.31. The van der Waals surface area contributed by atoms with Crippen LogP contribution in [0.4, 0.5) is 5.69 Å². The molecule has 0 spiro atoms. The molecule has 0 atom stereocenters. The molecule has 2 fully saturated rings. The van der Waals surface area contributed by atoms with Gasteiger partial charge in [-0.2, -0.15) is 5.26 Å². The number of nitrogens with zero attached hydrogens (tertiary/aromatic N) is 1. The smallest absolute Gasteiger partial charge is 0.259 e. The Kier molecular flexibility index (Phi) is 4.70. The molecule has 0 aromatic heterocycles. The number of nitrogens with one attached hydrogen (secondary N) is 2. The lowest BCUT2D eigenvalue weighted by atomic mass is 10.00. The molecule has 24 heavy (non-hydrogen) atoms. The predicted octanol–water partition coefficient (Wildman–Crippen LogP) is 2.37. The molecule has 2 aliphatic carbocycles. The zero-order valence-corrected chi connectivity index (χ0v) is 13.5. The zero-order valence-electron chi connectivity index (χ0n) is 13.5. The summed E-state index contributed by atoms with van der Waals surface area (Å²) in [7, 11) is 0. The van der Waals surface area contributed by atoms with Gasteiger partial charge in [0.25, 0.3) is 5.91 Å². The van der Waals surface area contributed by atoms with E-state index in [0.29, 0.717) is 24.3 Å². The van der Waals surface area contributed by atoms with Gasteiger partial charge in [-0.3, -0.25) is 9.59 Å². The number of hydrogen-bond acceptors (Lipinski definition) is 4. The summed E-state index contributed by atoms with van der Waals surface area (Å²) in [5, 5.41) is 14.9. The second kappa shape index (κ2) is 6.91. The van der Waals surface area contributed by atoms with E-state index in [2.05, 4.69) is 16.7 Å². The number of nitriles is 1. The van der Waals surface area contributed by atoms with Crippen LogP contribution in [0.2, 0.25) is 0 Å². The average molecular weight is 327 g/mol. The third-order valence-electron chi connectivity index (χ3n) is 4.47. The summed E-state index contributed by atoms with van der Waals surface area (Å²) in [6.45, 7) is -0.149. The lowest BCUT2D eigenvalue weighted by Crippen LogP contribution is -2.47. The standard InChI is InChI=1S/C18H21N3O3/c19-12-18(8-1-2-9-18)21-16(22)11-24-15-5-3-4-14(10-15)20-17(23)13-6-7-13/h3-5,10,13H,1-2,6-9,11H2,(H,20,23)(H,21,22). The second-order valence-electron chi connectivity index (χ2n) is 6.53. The molecule has 0 heterocycles. The first-order chi connectivity index (χ1) is 11.6. The number of carbonyl (C=O) groups is 2. The molecule has 2 saturated carbocycles. The minimum absolute atomic E-state index is 0.0297. The van der Waals surface area contributed by atoms with Gasteiger partial charge in [0.1, 0.15) is 11.3 Å². The van der Waals surface area contributed by atoms with Crippen molar-refractivity contribution >= 4 is 17.5 Å². The Morgan fingerprint density at radius 1 is 1.29 bits per heavy atom. The van der Waals surface area contributed by atoms with Crippen molar-refractivity contribution < 1.29 is 14.3 Å². The number of benzene rings is 1. The molecule has 3 rings (SSSR count). The van der Waals surface area contributed by atoms with Gasteiger partial charge in [-0.1, -0.05) is 6.07 Å². The number of hydrogen-bond donors (Lipinski definition) is 2. The van der Waals surface area contributed by atoms with E-state index in [1.807, 2.05) is 0 Å². The van der Waals surface area contributed by atoms with E-state index in [1.165, 1.54) is 0 Å². The fourth-order valence-electron chi connectivity index (χ4n) is 2.95. The van der Waals surface area contributed by atoms with Crippen molar-refractivity contribution in [2.45, 2.75) is 44.1 Å². The van der Waals surface area contributed by atoms with Crippen LogP contribution in [0.15, 0.2) is 24.3 Å². The molecule has 0 bridgehead atoms. The number of ether oxygens (including phenoxy) is 1. The van der Waals surface area contributed by atoms with Crippen LogP contribution >= 0.6 is 0 Å². The van der Waals surface area contributed by atoms with Gasteiger partial charge in [0.2, 0.25) is 5.91 Å². The normalized spacial score (nSPS) is 18.5. The van der Waals surface area contributed by atoms with E-state index in [-0.39, 0.29) is 24.3 Å². The third kappa shape index (κ3) is 4.05. The van der Waals surface area contributed by atoms with Gasteiger partial charge in [-0.25, -0.2) is 0 Å². The maximum Gasteiger partial charge on any atom is 0.259 e. The van der Waals surface area contributed by atoms with E-state index in [0.717, 1.165) is 25.7 Å². The van der Waals surface area contributed by atoms with Gasteiger partial charge in [0.15, 0.2) is 6.61 Å². The number of carbonyl (C=O) groups excluding carboxylic acids is 2. The van der Waals surface area contributed by atoms with E-state index < -0.39 is 5.54 Å². The summed E-state index contributed by atoms with van der Waals surface area (Å²) < 4.78 is 5.49. The van der Waals surface area contributed by atoms with Crippen LogP contribution in [-0.4, -0.2) is 24.0 Å². The summed E-state index contributed by atoms with van der Waals surface area (Å²) in [4.78, 5) is 23.8. The Balaban J connectivity index is 1.51. The molecule has 1 aromatic carbocycles. The van der Waals surface area contributed by atoms with E-state index in [1.54, 1.807) is 24.3 Å². The Hall–Kier alpha value is -2.55. The maximum atomic E-state index is 12.0. The highest BCUT2D eigenvalue weighted by molar-refractivity contribution is 5.94.